The number of ether oxygens (including phenoxy) is 1. The van der Waals surface area contributed by atoms with E-state index in [0.29, 0.717) is 13.1 Å². The summed E-state index contributed by atoms with van der Waals surface area (Å²) in [6, 6.07) is 7.47. The molecule has 1 unspecified atom stereocenters. The second kappa shape index (κ2) is 7.48. The van der Waals surface area contributed by atoms with Crippen molar-refractivity contribution in [2.24, 2.45) is 0 Å². The first kappa shape index (κ1) is 18.8. The smallest absolute Gasteiger partial charge is 0.366 e. The van der Waals surface area contributed by atoms with Gasteiger partial charge in [-0.2, -0.15) is 18.3 Å². The maximum Gasteiger partial charge on any atom is 0.415 e. The zero-order valence-electron chi connectivity index (χ0n) is 14.9. The van der Waals surface area contributed by atoms with E-state index < -0.39 is 19.1 Å². The van der Waals surface area contributed by atoms with Crippen LogP contribution in [0.3, 0.4) is 0 Å². The van der Waals surface area contributed by atoms with E-state index in [1.54, 1.807) is 23.5 Å². The van der Waals surface area contributed by atoms with Crippen LogP contribution in [0.1, 0.15) is 5.56 Å². The van der Waals surface area contributed by atoms with Gasteiger partial charge >= 0.3 is 6.18 Å². The molecule has 1 aliphatic rings. The number of nitrogens with zero attached hydrogens (tertiary/aromatic N) is 4. The minimum Gasteiger partial charge on any atom is -0.366 e. The SMILES string of the molecule is FCn1cc(-c2ccnc3cc(CN4CCOC(C(F)(F)F)C4)ccc23)cn1. The molecule has 0 amide bonds. The van der Waals surface area contributed by atoms with Gasteiger partial charge in [-0.15, -0.1) is 0 Å². The largest absolute Gasteiger partial charge is 0.415 e. The van der Waals surface area contributed by atoms with E-state index in [9.17, 15) is 17.6 Å². The van der Waals surface area contributed by atoms with E-state index in [2.05, 4.69) is 10.1 Å². The first-order chi connectivity index (χ1) is 13.4. The van der Waals surface area contributed by atoms with Crippen LogP contribution in [-0.4, -0.2) is 51.6 Å². The van der Waals surface area contributed by atoms with Gasteiger partial charge in [0.2, 0.25) is 0 Å². The number of rotatable bonds is 4. The highest BCUT2D eigenvalue weighted by Crippen LogP contribution is 2.29. The number of halogens is 4. The van der Waals surface area contributed by atoms with Crippen LogP contribution in [0.4, 0.5) is 17.6 Å². The number of morpholine rings is 1. The molecule has 2 aromatic heterocycles. The normalized spacial score (nSPS) is 18.6. The molecule has 1 saturated heterocycles. The minimum atomic E-state index is -4.36. The van der Waals surface area contributed by atoms with Crippen LogP contribution in [0, 0.1) is 0 Å². The number of hydrogen-bond acceptors (Lipinski definition) is 4. The summed E-state index contributed by atoms with van der Waals surface area (Å²) in [6.07, 6.45) is -1.25. The molecule has 28 heavy (non-hydrogen) atoms. The van der Waals surface area contributed by atoms with E-state index >= 15 is 0 Å². The lowest BCUT2D eigenvalue weighted by Crippen LogP contribution is -2.48. The number of pyridine rings is 1. The van der Waals surface area contributed by atoms with Crippen LogP contribution >= 0.6 is 0 Å². The lowest BCUT2D eigenvalue weighted by atomic mass is 10.0. The Hall–Kier alpha value is -2.52. The number of alkyl halides is 4. The number of fused-ring (bicyclic) bond motifs is 1. The third-order valence-corrected chi connectivity index (χ3v) is 4.80. The van der Waals surface area contributed by atoms with Crippen molar-refractivity contribution in [2.75, 3.05) is 19.7 Å². The van der Waals surface area contributed by atoms with Gasteiger partial charge in [-0.3, -0.25) is 9.88 Å². The number of hydrogen-bond donors (Lipinski definition) is 0. The molecule has 3 aromatic rings. The van der Waals surface area contributed by atoms with Crippen molar-refractivity contribution in [3.8, 4) is 11.1 Å². The molecule has 0 N–H and O–H groups in total. The second-order valence-corrected chi connectivity index (χ2v) is 6.73. The van der Waals surface area contributed by atoms with Gasteiger partial charge in [-0.05, 0) is 23.3 Å². The van der Waals surface area contributed by atoms with Gasteiger partial charge in [0.25, 0.3) is 0 Å². The first-order valence-electron chi connectivity index (χ1n) is 8.81. The van der Waals surface area contributed by atoms with E-state index in [1.165, 1.54) is 4.68 Å². The highest BCUT2D eigenvalue weighted by molar-refractivity contribution is 5.94. The quantitative estimate of drug-likeness (QED) is 0.632. The maximum atomic E-state index is 12.9. The van der Waals surface area contributed by atoms with E-state index in [-0.39, 0.29) is 13.2 Å². The van der Waals surface area contributed by atoms with Gasteiger partial charge in [-0.25, -0.2) is 9.07 Å². The molecule has 0 saturated carbocycles. The lowest BCUT2D eigenvalue weighted by molar-refractivity contribution is -0.237. The standard InChI is InChI=1S/C19H18F4N4O/c20-12-27-10-14(8-25-27)15-3-4-24-17-7-13(1-2-16(15)17)9-26-5-6-28-18(11-26)19(21,22)23/h1-4,7-8,10,18H,5-6,9,11-12H2. The Labute approximate surface area is 158 Å². The Morgan fingerprint density at radius 1 is 1.21 bits per heavy atom. The molecule has 0 aliphatic carbocycles. The fraction of sp³-hybridized carbons (Fsp3) is 0.368. The van der Waals surface area contributed by atoms with Crippen LogP contribution in [0.5, 0.6) is 0 Å². The van der Waals surface area contributed by atoms with Gasteiger partial charge in [0.05, 0.1) is 18.3 Å². The fourth-order valence-electron chi connectivity index (χ4n) is 3.41. The molecule has 1 atom stereocenters. The molecule has 3 heterocycles. The van der Waals surface area contributed by atoms with Gasteiger partial charge in [-0.1, -0.05) is 12.1 Å². The molecule has 1 aromatic carbocycles. The molecule has 0 bridgehead atoms. The third kappa shape index (κ3) is 3.85. The molecule has 5 nitrogen and oxygen atoms in total. The Bertz CT molecular complexity index is 972. The summed E-state index contributed by atoms with van der Waals surface area (Å²) in [5.41, 5.74) is 3.25. The Balaban J connectivity index is 1.57. The summed E-state index contributed by atoms with van der Waals surface area (Å²) in [5, 5.41) is 4.83. The van der Waals surface area contributed by atoms with Crippen molar-refractivity contribution in [1.82, 2.24) is 19.7 Å². The van der Waals surface area contributed by atoms with Crippen molar-refractivity contribution in [2.45, 2.75) is 25.6 Å². The van der Waals surface area contributed by atoms with Crippen molar-refractivity contribution >= 4 is 10.9 Å². The van der Waals surface area contributed by atoms with Crippen molar-refractivity contribution in [3.63, 3.8) is 0 Å². The van der Waals surface area contributed by atoms with Crippen LogP contribution < -0.4 is 0 Å². The summed E-state index contributed by atoms with van der Waals surface area (Å²) < 4.78 is 57.5. The maximum absolute atomic E-state index is 12.9. The van der Waals surface area contributed by atoms with Gasteiger partial charge in [0, 0.05) is 43.0 Å². The predicted octanol–water partition coefficient (Wildman–Crippen LogP) is 3.79. The molecule has 4 rings (SSSR count). The summed E-state index contributed by atoms with van der Waals surface area (Å²) in [7, 11) is 0. The highest BCUT2D eigenvalue weighted by atomic mass is 19.4. The van der Waals surface area contributed by atoms with Crippen LogP contribution in [-0.2, 0) is 18.1 Å². The van der Waals surface area contributed by atoms with Gasteiger partial charge in [0.1, 0.15) is 0 Å². The molecule has 0 radical (unpaired) electrons. The van der Waals surface area contributed by atoms with E-state index in [4.69, 9.17) is 4.74 Å². The third-order valence-electron chi connectivity index (χ3n) is 4.80. The molecule has 9 heteroatoms. The van der Waals surface area contributed by atoms with Crippen molar-refractivity contribution in [1.29, 1.82) is 0 Å². The average molecular weight is 394 g/mol. The molecule has 148 valence electrons. The average Bonchev–Trinajstić information content (AvgIpc) is 3.16. The summed E-state index contributed by atoms with van der Waals surface area (Å²) in [5.74, 6) is 0. The molecule has 1 fully saturated rings. The molecule has 1 aliphatic heterocycles. The Kier molecular flexibility index (Phi) is 5.03. The fourth-order valence-corrected chi connectivity index (χ4v) is 3.41. The minimum absolute atomic E-state index is 0.0543. The van der Waals surface area contributed by atoms with Crippen LogP contribution in [0.2, 0.25) is 0 Å². The van der Waals surface area contributed by atoms with E-state index in [0.717, 1.165) is 27.6 Å². The molecular weight excluding hydrogens is 376 g/mol. The molecular formula is C19H18F4N4O. The molecule has 0 spiro atoms. The monoisotopic (exact) mass is 394 g/mol. The van der Waals surface area contributed by atoms with Gasteiger partial charge in [0.15, 0.2) is 12.9 Å². The van der Waals surface area contributed by atoms with Crippen molar-refractivity contribution < 1.29 is 22.3 Å². The van der Waals surface area contributed by atoms with Crippen LogP contribution in [0.25, 0.3) is 22.0 Å². The van der Waals surface area contributed by atoms with Crippen molar-refractivity contribution in [3.05, 3.63) is 48.4 Å². The summed E-state index contributed by atoms with van der Waals surface area (Å²) in [6.45, 7) is -0.000156. The predicted molar refractivity (Wildman–Crippen MR) is 95.1 cm³/mol. The summed E-state index contributed by atoms with van der Waals surface area (Å²) in [4.78, 5) is 6.11. The van der Waals surface area contributed by atoms with Crippen LogP contribution in [0.15, 0.2) is 42.9 Å². The Morgan fingerprint density at radius 3 is 2.82 bits per heavy atom. The zero-order valence-corrected chi connectivity index (χ0v) is 14.9. The number of benzene rings is 1. The summed E-state index contributed by atoms with van der Waals surface area (Å²) >= 11 is 0. The van der Waals surface area contributed by atoms with E-state index in [1.807, 2.05) is 24.3 Å². The van der Waals surface area contributed by atoms with Gasteiger partial charge < -0.3 is 4.74 Å². The second-order valence-electron chi connectivity index (χ2n) is 6.73. The zero-order chi connectivity index (χ0) is 19.7. The number of aromatic nitrogens is 3. The Morgan fingerprint density at radius 2 is 2.07 bits per heavy atom. The first-order valence-corrected chi connectivity index (χ1v) is 8.81. The highest BCUT2D eigenvalue weighted by Gasteiger charge is 2.43. The lowest BCUT2D eigenvalue weighted by Gasteiger charge is -2.33. The topological polar surface area (TPSA) is 43.2 Å².